The number of piperidine rings is 2. The molecule has 5 fully saturated rings. The van der Waals surface area contributed by atoms with Crippen LogP contribution < -0.4 is 5.32 Å². The van der Waals surface area contributed by atoms with Crippen molar-refractivity contribution in [1.29, 1.82) is 0 Å². The Hall–Kier alpha value is -2.18. The monoisotopic (exact) mass is 549 g/mol. The van der Waals surface area contributed by atoms with Crippen LogP contribution in [0, 0.1) is 5.41 Å². The number of fused-ring (bicyclic) bond motifs is 2. The third-order valence-corrected chi connectivity index (χ3v) is 10.9. The van der Waals surface area contributed by atoms with Gasteiger partial charge in [0.25, 0.3) is 16.1 Å². The van der Waals surface area contributed by atoms with Crippen LogP contribution in [0.4, 0.5) is 4.79 Å². The highest BCUT2D eigenvalue weighted by Crippen LogP contribution is 2.46. The van der Waals surface area contributed by atoms with E-state index in [1.54, 1.807) is 19.6 Å². The van der Waals surface area contributed by atoms with Crippen molar-refractivity contribution in [3.05, 3.63) is 17.5 Å². The van der Waals surface area contributed by atoms with Gasteiger partial charge in [-0.3, -0.25) is 4.79 Å². The molecule has 3 atom stereocenters. The second-order valence-electron chi connectivity index (χ2n) is 13.0. The summed E-state index contributed by atoms with van der Waals surface area (Å²) >= 11 is 0. The summed E-state index contributed by atoms with van der Waals surface area (Å²) < 4.78 is 41.5. The summed E-state index contributed by atoms with van der Waals surface area (Å²) in [7, 11) is -3.57. The minimum Gasteiger partial charge on any atom is -0.444 e. The van der Waals surface area contributed by atoms with E-state index in [1.807, 2.05) is 20.8 Å². The van der Waals surface area contributed by atoms with Crippen LogP contribution >= 0.6 is 0 Å². The fraction of sp³-hybridized carbons (Fsp3) is 0.808. The van der Waals surface area contributed by atoms with Gasteiger partial charge in [0, 0.05) is 61.7 Å². The van der Waals surface area contributed by atoms with Crippen molar-refractivity contribution in [1.82, 2.24) is 24.0 Å². The molecule has 4 saturated heterocycles. The molecular formula is C26H39N5O6S. The minimum atomic E-state index is -3.57. The zero-order valence-corrected chi connectivity index (χ0v) is 23.3. The van der Waals surface area contributed by atoms with Crippen molar-refractivity contribution in [2.45, 2.75) is 102 Å². The van der Waals surface area contributed by atoms with Crippen LogP contribution in [-0.4, -0.2) is 89.0 Å². The van der Waals surface area contributed by atoms with E-state index < -0.39 is 15.8 Å². The first-order valence-electron chi connectivity index (χ1n) is 14.0. The molecule has 6 rings (SSSR count). The van der Waals surface area contributed by atoms with Gasteiger partial charge in [-0.15, -0.1) is 0 Å². The summed E-state index contributed by atoms with van der Waals surface area (Å²) in [5, 5.41) is 7.01. The van der Waals surface area contributed by atoms with Gasteiger partial charge in [0.15, 0.2) is 5.69 Å². The van der Waals surface area contributed by atoms with Crippen LogP contribution in [-0.2, 0) is 14.9 Å². The van der Waals surface area contributed by atoms with Crippen molar-refractivity contribution in [2.75, 3.05) is 26.2 Å². The van der Waals surface area contributed by atoms with E-state index >= 15 is 0 Å². The van der Waals surface area contributed by atoms with Gasteiger partial charge in [-0.05, 0) is 72.1 Å². The molecule has 12 heteroatoms. The third-order valence-electron chi connectivity index (χ3n) is 8.83. The summed E-state index contributed by atoms with van der Waals surface area (Å²) in [4.78, 5) is 26.9. The number of likely N-dealkylation sites (tertiary alicyclic amines) is 1. The molecule has 1 spiro atoms. The molecule has 5 aliphatic rings. The molecule has 1 aliphatic carbocycles. The molecule has 0 unspecified atom stereocenters. The number of aromatic nitrogens is 1. The number of amides is 2. The zero-order chi connectivity index (χ0) is 26.9. The first kappa shape index (κ1) is 26.1. The molecule has 1 saturated carbocycles. The van der Waals surface area contributed by atoms with Crippen molar-refractivity contribution in [3.63, 3.8) is 0 Å². The molecule has 0 radical (unpaired) electrons. The smallest absolute Gasteiger partial charge is 0.410 e. The average Bonchev–Trinajstić information content (AvgIpc) is 3.47. The average molecular weight is 550 g/mol. The maximum atomic E-state index is 13.7. The molecule has 210 valence electrons. The van der Waals surface area contributed by atoms with Gasteiger partial charge in [-0.25, -0.2) is 4.79 Å². The Bertz CT molecular complexity index is 1170. The number of hydrogen-bond acceptors (Lipinski definition) is 7. The van der Waals surface area contributed by atoms with Crippen LogP contribution in [0.15, 0.2) is 10.6 Å². The highest BCUT2D eigenvalue weighted by atomic mass is 32.2. The summed E-state index contributed by atoms with van der Waals surface area (Å²) in [6.07, 6.45) is 6.27. The molecule has 1 aromatic heterocycles. The lowest BCUT2D eigenvalue weighted by Crippen LogP contribution is -2.66. The summed E-state index contributed by atoms with van der Waals surface area (Å²) in [5.41, 5.74) is -0.287. The number of carbonyl (C=O) groups is 2. The van der Waals surface area contributed by atoms with Gasteiger partial charge < -0.3 is 19.5 Å². The number of hydrogen-bond donors (Lipinski definition) is 1. The number of nitrogens with zero attached hydrogens (tertiary/aromatic N) is 4. The number of ether oxygens (including phenoxy) is 1. The number of nitrogens with one attached hydrogen (secondary N) is 1. The van der Waals surface area contributed by atoms with Gasteiger partial charge in [0.2, 0.25) is 0 Å². The van der Waals surface area contributed by atoms with Crippen LogP contribution in [0.5, 0.6) is 0 Å². The Morgan fingerprint density at radius 3 is 2.29 bits per heavy atom. The molecule has 2 bridgehead atoms. The Morgan fingerprint density at radius 1 is 1.08 bits per heavy atom. The maximum absolute atomic E-state index is 13.7. The molecule has 38 heavy (non-hydrogen) atoms. The standard InChI is InChI=1S/C26H39N5O6S/c1-25(2,3)36-24(33)29-10-8-26(9-11-29)15-30(16-26)38(34,35)31-19-6-7-20(31)13-18(12-19)27-23(32)21-14-22(37-28-21)17-4-5-17/h14,17-20H,4-13,15-16H2,1-3H3,(H,27,32)/t18-,19+,20-. The summed E-state index contributed by atoms with van der Waals surface area (Å²) in [5.74, 6) is 0.925. The molecule has 0 aromatic carbocycles. The third kappa shape index (κ3) is 4.95. The quantitative estimate of drug-likeness (QED) is 0.599. The van der Waals surface area contributed by atoms with Crippen molar-refractivity contribution >= 4 is 22.2 Å². The van der Waals surface area contributed by atoms with E-state index in [4.69, 9.17) is 9.26 Å². The SMILES string of the molecule is CC(C)(C)OC(=O)N1CCC2(CC1)CN(S(=O)(=O)N1[C@@H]3CC[C@H]1C[C@@H](NC(=O)c1cc(C4CC4)on1)C3)C2. The Kier molecular flexibility index (Phi) is 6.31. The van der Waals surface area contributed by atoms with E-state index in [9.17, 15) is 18.0 Å². The van der Waals surface area contributed by atoms with Gasteiger partial charge >= 0.3 is 6.09 Å². The van der Waals surface area contributed by atoms with Crippen molar-refractivity contribution in [3.8, 4) is 0 Å². The summed E-state index contributed by atoms with van der Waals surface area (Å²) in [6.45, 7) is 7.76. The molecule has 2 amide bonds. The van der Waals surface area contributed by atoms with Gasteiger partial charge in [0.1, 0.15) is 11.4 Å². The lowest BCUT2D eigenvalue weighted by molar-refractivity contribution is -0.0215. The first-order chi connectivity index (χ1) is 17.9. The van der Waals surface area contributed by atoms with Crippen LogP contribution in [0.1, 0.15) is 94.3 Å². The van der Waals surface area contributed by atoms with E-state index in [2.05, 4.69) is 10.5 Å². The van der Waals surface area contributed by atoms with E-state index in [0.29, 0.717) is 50.6 Å². The van der Waals surface area contributed by atoms with Gasteiger partial charge in [-0.1, -0.05) is 5.16 Å². The fourth-order valence-corrected chi connectivity index (χ4v) is 8.93. The molecular weight excluding hydrogens is 510 g/mol. The minimum absolute atomic E-state index is 0.0617. The molecule has 4 aliphatic heterocycles. The number of carbonyl (C=O) groups excluding carboxylic acids is 2. The highest BCUT2D eigenvalue weighted by Gasteiger charge is 2.55. The largest absolute Gasteiger partial charge is 0.444 e. The normalized spacial score (nSPS) is 29.8. The highest BCUT2D eigenvalue weighted by molar-refractivity contribution is 7.86. The molecule has 1 aromatic rings. The van der Waals surface area contributed by atoms with E-state index in [0.717, 1.165) is 44.3 Å². The lowest BCUT2D eigenvalue weighted by Gasteiger charge is -2.54. The second kappa shape index (κ2) is 9.19. The molecule has 11 nitrogen and oxygen atoms in total. The van der Waals surface area contributed by atoms with Crippen LogP contribution in [0.2, 0.25) is 0 Å². The fourth-order valence-electron chi connectivity index (χ4n) is 6.65. The van der Waals surface area contributed by atoms with Crippen LogP contribution in [0.3, 0.4) is 0 Å². The Balaban J connectivity index is 1.02. The zero-order valence-electron chi connectivity index (χ0n) is 22.5. The Morgan fingerprint density at radius 2 is 1.71 bits per heavy atom. The van der Waals surface area contributed by atoms with Gasteiger partial charge in [-0.2, -0.15) is 17.0 Å². The van der Waals surface area contributed by atoms with Crippen LogP contribution in [0.25, 0.3) is 0 Å². The predicted molar refractivity (Wildman–Crippen MR) is 138 cm³/mol. The van der Waals surface area contributed by atoms with E-state index in [1.165, 1.54) is 0 Å². The second-order valence-corrected chi connectivity index (χ2v) is 14.8. The first-order valence-corrected chi connectivity index (χ1v) is 15.4. The lowest BCUT2D eigenvalue weighted by atomic mass is 9.73. The Labute approximate surface area is 224 Å². The van der Waals surface area contributed by atoms with E-state index in [-0.39, 0.29) is 35.5 Å². The van der Waals surface area contributed by atoms with Gasteiger partial charge in [0.05, 0.1) is 0 Å². The number of rotatable bonds is 5. The maximum Gasteiger partial charge on any atom is 0.410 e. The van der Waals surface area contributed by atoms with Crippen molar-refractivity contribution in [2.24, 2.45) is 5.41 Å². The summed E-state index contributed by atoms with van der Waals surface area (Å²) in [6, 6.07) is 1.45. The molecule has 5 heterocycles. The predicted octanol–water partition coefficient (Wildman–Crippen LogP) is 2.85. The van der Waals surface area contributed by atoms with Crippen molar-refractivity contribution < 1.29 is 27.3 Å². The topological polar surface area (TPSA) is 125 Å². The molecule has 1 N–H and O–H groups in total.